The fourth-order valence-electron chi connectivity index (χ4n) is 1.51. The summed E-state index contributed by atoms with van der Waals surface area (Å²) in [4.78, 5) is 1.39. The lowest BCUT2D eigenvalue weighted by Gasteiger charge is -2.09. The second-order valence-corrected chi connectivity index (χ2v) is 5.75. The van der Waals surface area contributed by atoms with Gasteiger partial charge in [-0.1, -0.05) is 0 Å². The number of hydrogen-bond donors (Lipinski definition) is 1. The molecule has 1 aliphatic rings. The molecule has 0 atom stereocenters. The van der Waals surface area contributed by atoms with E-state index in [-0.39, 0.29) is 5.41 Å². The molecule has 2 rings (SSSR count). The first-order valence-corrected chi connectivity index (χ1v) is 6.17. The van der Waals surface area contributed by atoms with Crippen LogP contribution in [0, 0.1) is 12.3 Å². The van der Waals surface area contributed by atoms with Crippen LogP contribution < -0.4 is 0 Å². The molecule has 0 spiro atoms. The molecule has 0 unspecified atom stereocenters. The fraction of sp³-hybridized carbons (Fsp3) is 0.600. The molecule has 0 radical (unpaired) electrons. The normalized spacial score (nSPS) is 19.0. The Bertz CT molecular complexity index is 315. The SMILES string of the molecule is Cc1csc(CC2(CO)CC2)c1Br. The molecule has 13 heavy (non-hydrogen) atoms. The minimum absolute atomic E-state index is 0.236. The van der Waals surface area contributed by atoms with Crippen molar-refractivity contribution >= 4 is 27.3 Å². The van der Waals surface area contributed by atoms with Gasteiger partial charge in [0, 0.05) is 16.0 Å². The van der Waals surface area contributed by atoms with E-state index in [2.05, 4.69) is 28.2 Å². The number of hydrogen-bond acceptors (Lipinski definition) is 2. The third-order valence-electron chi connectivity index (χ3n) is 2.80. The average Bonchev–Trinajstić information content (AvgIpc) is 2.85. The first-order chi connectivity index (χ1) is 6.17. The number of rotatable bonds is 3. The Hall–Kier alpha value is 0.140. The van der Waals surface area contributed by atoms with Crippen LogP contribution in [0.2, 0.25) is 0 Å². The molecule has 1 fully saturated rings. The topological polar surface area (TPSA) is 20.2 Å². The molecule has 1 heterocycles. The predicted octanol–water partition coefficient (Wildman–Crippen LogP) is 3.13. The summed E-state index contributed by atoms with van der Waals surface area (Å²) in [5, 5.41) is 11.4. The third-order valence-corrected chi connectivity index (χ3v) is 5.27. The van der Waals surface area contributed by atoms with Gasteiger partial charge in [0.05, 0.1) is 0 Å². The zero-order valence-electron chi connectivity index (χ0n) is 7.64. The summed E-state index contributed by atoms with van der Waals surface area (Å²) in [6.07, 6.45) is 3.42. The lowest BCUT2D eigenvalue weighted by atomic mass is 10.0. The Balaban J connectivity index is 2.14. The van der Waals surface area contributed by atoms with Gasteiger partial charge in [-0.2, -0.15) is 0 Å². The van der Waals surface area contributed by atoms with Crippen LogP contribution in [0.25, 0.3) is 0 Å². The molecule has 1 N–H and O–H groups in total. The van der Waals surface area contributed by atoms with E-state index in [0.717, 1.165) is 6.42 Å². The summed E-state index contributed by atoms with van der Waals surface area (Å²) < 4.78 is 1.25. The van der Waals surface area contributed by atoms with Gasteiger partial charge >= 0.3 is 0 Å². The number of thiophene rings is 1. The molecule has 0 aromatic carbocycles. The van der Waals surface area contributed by atoms with Gasteiger partial charge in [0.2, 0.25) is 0 Å². The average molecular weight is 261 g/mol. The van der Waals surface area contributed by atoms with Crippen molar-refractivity contribution < 1.29 is 5.11 Å². The van der Waals surface area contributed by atoms with Gasteiger partial charge in [0.15, 0.2) is 0 Å². The van der Waals surface area contributed by atoms with Gasteiger partial charge in [-0.05, 0) is 58.5 Å². The largest absolute Gasteiger partial charge is 0.396 e. The van der Waals surface area contributed by atoms with Crippen LogP contribution in [0.3, 0.4) is 0 Å². The third kappa shape index (κ3) is 1.83. The van der Waals surface area contributed by atoms with E-state index in [9.17, 15) is 5.11 Å². The molecule has 0 aliphatic heterocycles. The maximum atomic E-state index is 9.20. The van der Waals surface area contributed by atoms with Gasteiger partial charge < -0.3 is 5.11 Å². The highest BCUT2D eigenvalue weighted by molar-refractivity contribution is 9.10. The molecule has 0 bridgehead atoms. The molecule has 1 aromatic rings. The van der Waals surface area contributed by atoms with Crippen LogP contribution in [-0.2, 0) is 6.42 Å². The van der Waals surface area contributed by atoms with E-state index in [1.807, 2.05) is 0 Å². The van der Waals surface area contributed by atoms with Gasteiger partial charge in [0.1, 0.15) is 0 Å². The molecule has 1 aliphatic carbocycles. The maximum absolute atomic E-state index is 9.20. The molecule has 1 saturated carbocycles. The Kier molecular flexibility index (Phi) is 2.51. The van der Waals surface area contributed by atoms with Crippen molar-refractivity contribution in [3.63, 3.8) is 0 Å². The van der Waals surface area contributed by atoms with Crippen molar-refractivity contribution in [2.45, 2.75) is 26.2 Å². The van der Waals surface area contributed by atoms with Crippen LogP contribution in [0.1, 0.15) is 23.3 Å². The van der Waals surface area contributed by atoms with E-state index in [1.54, 1.807) is 11.3 Å². The van der Waals surface area contributed by atoms with Gasteiger partial charge in [-0.3, -0.25) is 0 Å². The van der Waals surface area contributed by atoms with Crippen LogP contribution in [0.4, 0.5) is 0 Å². The molecule has 0 amide bonds. The van der Waals surface area contributed by atoms with Crippen molar-refractivity contribution in [1.29, 1.82) is 0 Å². The Labute approximate surface area is 90.9 Å². The number of aryl methyl sites for hydroxylation is 1. The highest BCUT2D eigenvalue weighted by Gasteiger charge is 2.42. The Morgan fingerprint density at radius 1 is 1.62 bits per heavy atom. The molecule has 1 aromatic heterocycles. The van der Waals surface area contributed by atoms with Gasteiger partial charge in [-0.15, -0.1) is 11.3 Å². The smallest absolute Gasteiger partial charge is 0.0490 e. The molecular formula is C10H13BrOS. The van der Waals surface area contributed by atoms with E-state index in [4.69, 9.17) is 0 Å². The van der Waals surface area contributed by atoms with E-state index in [0.29, 0.717) is 6.61 Å². The summed E-state index contributed by atoms with van der Waals surface area (Å²) in [6.45, 7) is 2.46. The number of halogens is 1. The van der Waals surface area contributed by atoms with Gasteiger partial charge in [-0.25, -0.2) is 0 Å². The Morgan fingerprint density at radius 2 is 2.31 bits per heavy atom. The van der Waals surface area contributed by atoms with Crippen LogP contribution >= 0.6 is 27.3 Å². The second-order valence-electron chi connectivity index (χ2n) is 3.99. The molecule has 3 heteroatoms. The highest BCUT2D eigenvalue weighted by Crippen LogP contribution is 2.49. The summed E-state index contributed by atoms with van der Waals surface area (Å²) in [5.74, 6) is 0. The Morgan fingerprint density at radius 3 is 2.69 bits per heavy atom. The zero-order valence-corrected chi connectivity index (χ0v) is 10.0. The van der Waals surface area contributed by atoms with Crippen molar-refractivity contribution in [3.8, 4) is 0 Å². The van der Waals surface area contributed by atoms with Crippen LogP contribution in [-0.4, -0.2) is 11.7 Å². The molecular weight excluding hydrogens is 248 g/mol. The minimum Gasteiger partial charge on any atom is -0.396 e. The van der Waals surface area contributed by atoms with Crippen molar-refractivity contribution in [2.24, 2.45) is 5.41 Å². The lowest BCUT2D eigenvalue weighted by molar-refractivity contribution is 0.211. The standard InChI is InChI=1S/C10H13BrOS/c1-7-5-13-8(9(7)11)4-10(6-12)2-3-10/h5,12H,2-4,6H2,1H3. The van der Waals surface area contributed by atoms with E-state index >= 15 is 0 Å². The first-order valence-electron chi connectivity index (χ1n) is 4.50. The fourth-order valence-corrected chi connectivity index (χ4v) is 3.29. The summed E-state index contributed by atoms with van der Waals surface area (Å²) >= 11 is 5.39. The monoisotopic (exact) mass is 260 g/mol. The maximum Gasteiger partial charge on any atom is 0.0490 e. The predicted molar refractivity (Wildman–Crippen MR) is 59.2 cm³/mol. The van der Waals surface area contributed by atoms with Crippen molar-refractivity contribution in [3.05, 3.63) is 20.3 Å². The van der Waals surface area contributed by atoms with Crippen molar-refractivity contribution in [1.82, 2.24) is 0 Å². The quantitative estimate of drug-likeness (QED) is 0.886. The minimum atomic E-state index is 0.236. The van der Waals surface area contributed by atoms with Gasteiger partial charge in [0.25, 0.3) is 0 Å². The summed E-state index contributed by atoms with van der Waals surface area (Å²) in [6, 6.07) is 0. The highest BCUT2D eigenvalue weighted by atomic mass is 79.9. The van der Waals surface area contributed by atoms with E-state index in [1.165, 1.54) is 27.8 Å². The first kappa shape index (κ1) is 9.69. The summed E-state index contributed by atoms with van der Waals surface area (Å²) in [5.41, 5.74) is 1.55. The van der Waals surface area contributed by atoms with E-state index < -0.39 is 0 Å². The molecule has 0 saturated heterocycles. The number of aliphatic hydroxyl groups excluding tert-OH is 1. The zero-order chi connectivity index (χ0) is 9.47. The summed E-state index contributed by atoms with van der Waals surface area (Å²) in [7, 11) is 0. The lowest BCUT2D eigenvalue weighted by Crippen LogP contribution is -2.09. The second kappa shape index (κ2) is 3.37. The van der Waals surface area contributed by atoms with Crippen LogP contribution in [0.15, 0.2) is 9.85 Å². The van der Waals surface area contributed by atoms with Crippen LogP contribution in [0.5, 0.6) is 0 Å². The number of aliphatic hydroxyl groups is 1. The molecule has 1 nitrogen and oxygen atoms in total. The van der Waals surface area contributed by atoms with Crippen molar-refractivity contribution in [2.75, 3.05) is 6.61 Å². The molecule has 72 valence electrons.